The lowest BCUT2D eigenvalue weighted by Gasteiger charge is -2.08. The van der Waals surface area contributed by atoms with E-state index in [1.54, 1.807) is 0 Å². The van der Waals surface area contributed by atoms with Crippen LogP contribution in [0.3, 0.4) is 0 Å². The van der Waals surface area contributed by atoms with Crippen LogP contribution in [0, 0.1) is 0 Å². The van der Waals surface area contributed by atoms with Crippen molar-refractivity contribution in [2.75, 3.05) is 0 Å². The number of unbranched alkanes of at least 4 members (excludes halogenated alkanes) is 3. The molecule has 3 aromatic carbocycles. The molecule has 29 heavy (non-hydrogen) atoms. The summed E-state index contributed by atoms with van der Waals surface area (Å²) in [4.78, 5) is 0. The Labute approximate surface area is 177 Å². The van der Waals surface area contributed by atoms with Gasteiger partial charge in [0.1, 0.15) is 11.0 Å². The molecule has 0 N–H and O–H groups in total. The third-order valence-corrected chi connectivity index (χ3v) is 6.32. The van der Waals surface area contributed by atoms with Crippen LogP contribution in [0.25, 0.3) is 44.0 Å². The first kappa shape index (κ1) is 18.4. The number of hydrogen-bond donors (Lipinski definition) is 0. The number of nitrogens with zero attached hydrogens (tertiary/aromatic N) is 3. The van der Waals surface area contributed by atoms with Crippen molar-refractivity contribution >= 4 is 48.8 Å². The highest BCUT2D eigenvalue weighted by molar-refractivity contribution is 9.10. The predicted molar refractivity (Wildman–Crippen MR) is 122 cm³/mol. The zero-order valence-corrected chi connectivity index (χ0v) is 17.9. The molecule has 0 aliphatic rings. The van der Waals surface area contributed by atoms with Gasteiger partial charge in [-0.1, -0.05) is 56.5 Å². The maximum absolute atomic E-state index is 5.00. The van der Waals surface area contributed by atoms with Crippen LogP contribution in [-0.2, 0) is 6.54 Å². The minimum absolute atomic E-state index is 0.751. The lowest BCUT2D eigenvalue weighted by Crippen LogP contribution is -1.97. The van der Waals surface area contributed by atoms with Gasteiger partial charge in [0.2, 0.25) is 0 Å². The highest BCUT2D eigenvalue weighted by Crippen LogP contribution is 2.36. The van der Waals surface area contributed by atoms with Gasteiger partial charge in [-0.05, 0) is 62.5 Å². The number of hydrogen-bond acceptors (Lipinski definition) is 3. The molecule has 4 nitrogen and oxygen atoms in total. The van der Waals surface area contributed by atoms with Crippen LogP contribution < -0.4 is 0 Å². The Hall–Kier alpha value is -2.66. The lowest BCUT2D eigenvalue weighted by molar-refractivity contribution is 0.315. The highest BCUT2D eigenvalue weighted by Gasteiger charge is 2.15. The first-order chi connectivity index (χ1) is 14.3. The Bertz CT molecular complexity index is 1320. The smallest absolute Gasteiger partial charge is 0.150 e. The van der Waals surface area contributed by atoms with Gasteiger partial charge in [0.05, 0.1) is 0 Å². The van der Waals surface area contributed by atoms with Crippen molar-refractivity contribution in [3.8, 4) is 11.1 Å². The molecule has 2 aromatic heterocycles. The van der Waals surface area contributed by atoms with E-state index in [1.165, 1.54) is 47.5 Å². The fraction of sp³-hybridized carbons (Fsp3) is 0.250. The predicted octanol–water partition coefficient (Wildman–Crippen LogP) is 7.34. The van der Waals surface area contributed by atoms with E-state index in [0.29, 0.717) is 0 Å². The number of fused-ring (bicyclic) bond motifs is 4. The third-order valence-electron chi connectivity index (χ3n) is 5.68. The fourth-order valence-corrected chi connectivity index (χ4v) is 4.62. The summed E-state index contributed by atoms with van der Waals surface area (Å²) in [5.41, 5.74) is 6.28. The van der Waals surface area contributed by atoms with E-state index < -0.39 is 0 Å². The number of aromatic nitrogens is 3. The molecule has 5 rings (SSSR count). The fourth-order valence-electron chi connectivity index (χ4n) is 4.23. The molecule has 0 fully saturated rings. The summed E-state index contributed by atoms with van der Waals surface area (Å²) in [6, 6.07) is 19.5. The summed E-state index contributed by atoms with van der Waals surface area (Å²) in [5, 5.41) is 10.7. The van der Waals surface area contributed by atoms with E-state index in [9.17, 15) is 0 Å². The van der Waals surface area contributed by atoms with Gasteiger partial charge >= 0.3 is 0 Å². The van der Waals surface area contributed by atoms with Crippen LogP contribution in [0.4, 0.5) is 0 Å². The third kappa shape index (κ3) is 3.14. The SMILES string of the molecule is CCCCCCn1c2ccccc2c2cc(-c3ccc(Br)c4nonc34)ccc21. The molecule has 0 unspecified atom stereocenters. The van der Waals surface area contributed by atoms with E-state index in [4.69, 9.17) is 4.63 Å². The van der Waals surface area contributed by atoms with Gasteiger partial charge in [-0.15, -0.1) is 0 Å². The molecule has 2 heterocycles. The molecular formula is C24H22BrN3O. The van der Waals surface area contributed by atoms with Crippen molar-refractivity contribution in [3.05, 3.63) is 59.1 Å². The van der Waals surface area contributed by atoms with Crippen LogP contribution in [0.5, 0.6) is 0 Å². The van der Waals surface area contributed by atoms with Gasteiger partial charge in [-0.25, -0.2) is 4.63 Å². The van der Waals surface area contributed by atoms with Crippen molar-refractivity contribution in [2.45, 2.75) is 39.2 Å². The van der Waals surface area contributed by atoms with Crippen LogP contribution in [0.15, 0.2) is 63.7 Å². The van der Waals surface area contributed by atoms with Crippen molar-refractivity contribution in [2.24, 2.45) is 0 Å². The number of aryl methyl sites for hydroxylation is 1. The zero-order chi connectivity index (χ0) is 19.8. The number of rotatable bonds is 6. The largest absolute Gasteiger partial charge is 0.340 e. The molecule has 0 aliphatic heterocycles. The van der Waals surface area contributed by atoms with Gasteiger partial charge in [-0.3, -0.25) is 0 Å². The number of para-hydroxylation sites is 1. The monoisotopic (exact) mass is 447 g/mol. The molecule has 5 heteroatoms. The topological polar surface area (TPSA) is 43.9 Å². The molecule has 0 aliphatic carbocycles. The number of benzene rings is 3. The first-order valence-electron chi connectivity index (χ1n) is 10.2. The molecule has 0 atom stereocenters. The van der Waals surface area contributed by atoms with E-state index in [2.05, 4.69) is 86.3 Å². The Kier molecular flexibility index (Phi) is 4.84. The molecule has 0 amide bonds. The summed E-state index contributed by atoms with van der Waals surface area (Å²) >= 11 is 3.53. The average Bonchev–Trinajstić information content (AvgIpc) is 3.36. The van der Waals surface area contributed by atoms with Crippen molar-refractivity contribution in [1.29, 1.82) is 0 Å². The normalized spacial score (nSPS) is 11.8. The summed E-state index contributed by atoms with van der Waals surface area (Å²) in [6.07, 6.45) is 5.04. The maximum Gasteiger partial charge on any atom is 0.150 e. The van der Waals surface area contributed by atoms with Gasteiger partial charge in [0.15, 0.2) is 0 Å². The first-order valence-corrected chi connectivity index (χ1v) is 11.0. The standard InChI is InChI=1S/C24H22BrN3O/c1-2-3-4-7-14-28-21-9-6-5-8-18(21)19-15-16(10-13-22(19)28)17-11-12-20(25)24-23(17)26-29-27-24/h5-6,8-13,15H,2-4,7,14H2,1H3. The second-order valence-corrected chi connectivity index (χ2v) is 8.37. The molecule has 0 spiro atoms. The summed E-state index contributed by atoms with van der Waals surface area (Å²) in [5.74, 6) is 0. The van der Waals surface area contributed by atoms with Gasteiger partial charge in [0, 0.05) is 38.4 Å². The molecule has 146 valence electrons. The summed E-state index contributed by atoms with van der Waals surface area (Å²) < 4.78 is 8.36. The van der Waals surface area contributed by atoms with E-state index in [0.717, 1.165) is 33.2 Å². The van der Waals surface area contributed by atoms with E-state index in [-0.39, 0.29) is 0 Å². The van der Waals surface area contributed by atoms with Crippen LogP contribution in [0.2, 0.25) is 0 Å². The molecule has 5 aromatic rings. The van der Waals surface area contributed by atoms with Crippen molar-refractivity contribution < 1.29 is 4.63 Å². The Morgan fingerprint density at radius 2 is 1.69 bits per heavy atom. The van der Waals surface area contributed by atoms with Gasteiger partial charge < -0.3 is 4.57 Å². The summed E-state index contributed by atoms with van der Waals surface area (Å²) in [7, 11) is 0. The molecular weight excluding hydrogens is 426 g/mol. The highest BCUT2D eigenvalue weighted by atomic mass is 79.9. The quantitative estimate of drug-likeness (QED) is 0.255. The Balaban J connectivity index is 1.66. The number of halogens is 1. The molecule has 0 saturated carbocycles. The minimum atomic E-state index is 0.751. The van der Waals surface area contributed by atoms with Gasteiger partial charge in [0.25, 0.3) is 0 Å². The van der Waals surface area contributed by atoms with Crippen LogP contribution >= 0.6 is 15.9 Å². The maximum atomic E-state index is 5.00. The molecule has 0 radical (unpaired) electrons. The minimum Gasteiger partial charge on any atom is -0.340 e. The van der Waals surface area contributed by atoms with Crippen LogP contribution in [-0.4, -0.2) is 14.9 Å². The van der Waals surface area contributed by atoms with Gasteiger partial charge in [-0.2, -0.15) is 0 Å². The van der Waals surface area contributed by atoms with E-state index in [1.807, 2.05) is 6.07 Å². The molecule has 0 bridgehead atoms. The Morgan fingerprint density at radius 3 is 2.59 bits per heavy atom. The summed E-state index contributed by atoms with van der Waals surface area (Å²) in [6.45, 7) is 3.31. The van der Waals surface area contributed by atoms with E-state index >= 15 is 0 Å². The van der Waals surface area contributed by atoms with Crippen molar-refractivity contribution in [1.82, 2.24) is 14.9 Å². The lowest BCUT2D eigenvalue weighted by atomic mass is 10.0. The second kappa shape index (κ2) is 7.64. The van der Waals surface area contributed by atoms with Crippen LogP contribution in [0.1, 0.15) is 32.6 Å². The van der Waals surface area contributed by atoms with Crippen molar-refractivity contribution in [3.63, 3.8) is 0 Å². The second-order valence-electron chi connectivity index (χ2n) is 7.52. The zero-order valence-electron chi connectivity index (χ0n) is 16.4. The molecule has 0 saturated heterocycles. The average molecular weight is 448 g/mol. The Morgan fingerprint density at radius 1 is 0.862 bits per heavy atom.